The Kier molecular flexibility index (Phi) is 5.78. The van der Waals surface area contributed by atoms with Crippen molar-refractivity contribution in [3.8, 4) is 11.3 Å². The van der Waals surface area contributed by atoms with Gasteiger partial charge in [-0.2, -0.15) is 0 Å². The summed E-state index contributed by atoms with van der Waals surface area (Å²) in [6, 6.07) is 8.06. The Hall–Kier alpha value is -4.27. The second-order valence-corrected chi connectivity index (χ2v) is 7.76. The van der Waals surface area contributed by atoms with Gasteiger partial charge >= 0.3 is 0 Å². The molecule has 0 spiro atoms. The van der Waals surface area contributed by atoms with Crippen LogP contribution < -0.4 is 16.5 Å². The number of pyridine rings is 2. The average molecular weight is 447 g/mol. The maximum Gasteiger partial charge on any atom is 0.196 e. The number of rotatable bonds is 5. The highest BCUT2D eigenvalue weighted by Crippen LogP contribution is 2.32. The smallest absolute Gasteiger partial charge is 0.196 e. The monoisotopic (exact) mass is 447 g/mol. The minimum Gasteiger partial charge on any atom is -0.455 e. The van der Waals surface area contributed by atoms with Crippen LogP contribution in [0, 0.1) is 19.7 Å². The van der Waals surface area contributed by atoms with E-state index in [9.17, 15) is 9.18 Å². The minimum absolute atomic E-state index is 0.137. The average Bonchev–Trinajstić information content (AvgIpc) is 2.81. The fourth-order valence-electron chi connectivity index (χ4n) is 3.78. The Morgan fingerprint density at radius 3 is 2.79 bits per heavy atom. The van der Waals surface area contributed by atoms with Crippen molar-refractivity contribution in [3.63, 3.8) is 0 Å². The van der Waals surface area contributed by atoms with Gasteiger partial charge in [-0.25, -0.2) is 4.39 Å². The molecule has 0 saturated carbocycles. The van der Waals surface area contributed by atoms with Gasteiger partial charge in [0.15, 0.2) is 11.3 Å². The first-order valence-electron chi connectivity index (χ1n) is 10.2. The predicted octanol–water partition coefficient (Wildman–Crippen LogP) is 4.27. The number of oxime groups is 1. The van der Waals surface area contributed by atoms with Crippen LogP contribution in [-0.4, -0.2) is 21.0 Å². The highest BCUT2D eigenvalue weighted by Gasteiger charge is 2.20. The van der Waals surface area contributed by atoms with E-state index < -0.39 is 5.82 Å². The van der Waals surface area contributed by atoms with Gasteiger partial charge in [0, 0.05) is 29.1 Å². The maximum absolute atomic E-state index is 13.8. The summed E-state index contributed by atoms with van der Waals surface area (Å²) in [5.74, 6) is -0.404. The molecule has 33 heavy (non-hydrogen) atoms. The third-order valence-corrected chi connectivity index (χ3v) is 5.36. The van der Waals surface area contributed by atoms with Crippen molar-refractivity contribution in [1.82, 2.24) is 9.97 Å². The first-order chi connectivity index (χ1) is 15.8. The van der Waals surface area contributed by atoms with Gasteiger partial charge in [-0.15, -0.1) is 0 Å². The summed E-state index contributed by atoms with van der Waals surface area (Å²) in [6.07, 6.45) is 4.08. The van der Waals surface area contributed by atoms with Crippen LogP contribution >= 0.6 is 0 Å². The number of hydrogen-bond acceptors (Lipinski definition) is 7. The number of nitrogens with two attached hydrogens (primary N) is 1. The molecule has 1 atom stereocenters. The topological polar surface area (TPSA) is 127 Å². The number of halogens is 1. The molecule has 0 aliphatic rings. The van der Waals surface area contributed by atoms with E-state index in [0.29, 0.717) is 33.3 Å². The minimum atomic E-state index is -0.527. The van der Waals surface area contributed by atoms with E-state index in [-0.39, 0.29) is 28.8 Å². The summed E-state index contributed by atoms with van der Waals surface area (Å²) >= 11 is 0. The normalized spacial score (nSPS) is 12.7. The highest BCUT2D eigenvalue weighted by atomic mass is 19.1. The van der Waals surface area contributed by atoms with Crippen LogP contribution in [0.1, 0.15) is 35.3 Å². The van der Waals surface area contributed by atoms with Crippen molar-refractivity contribution in [2.75, 3.05) is 5.32 Å². The fraction of sp³-hybridized carbons (Fsp3) is 0.167. The molecule has 4 rings (SSSR count). The van der Waals surface area contributed by atoms with Crippen molar-refractivity contribution >= 4 is 22.5 Å². The summed E-state index contributed by atoms with van der Waals surface area (Å²) in [5, 5.41) is 15.8. The molecular formula is C24H22FN5O3. The molecule has 4 aromatic rings. The Bertz CT molecular complexity index is 1450. The molecular weight excluding hydrogens is 425 g/mol. The third kappa shape index (κ3) is 4.12. The molecule has 0 aliphatic heterocycles. The lowest BCUT2D eigenvalue weighted by atomic mass is 9.99. The Balaban J connectivity index is 1.89. The standard InChI is InChI=1S/C24H22FN5O3/c1-12-7-17(14(3)29-19-5-4-6-28-20(19)24(26)30-32)23-18(8-12)21(31)13(2)22(33-23)15-9-16(25)11-27-10-15/h4-11,14,29,32H,1-3H3,(H2,26,30)/t14-/m1/s1. The van der Waals surface area contributed by atoms with E-state index in [0.717, 1.165) is 11.8 Å². The Morgan fingerprint density at radius 1 is 1.27 bits per heavy atom. The zero-order valence-corrected chi connectivity index (χ0v) is 18.3. The van der Waals surface area contributed by atoms with Crippen LogP contribution in [0.3, 0.4) is 0 Å². The molecule has 0 aliphatic carbocycles. The largest absolute Gasteiger partial charge is 0.455 e. The SMILES string of the molecule is Cc1cc([C@@H](C)Nc2cccnc2C(N)=NO)c2oc(-c3cncc(F)c3)c(C)c(=O)c2c1. The van der Waals surface area contributed by atoms with E-state index in [1.807, 2.05) is 19.9 Å². The van der Waals surface area contributed by atoms with Crippen molar-refractivity contribution < 1.29 is 14.0 Å². The number of aromatic nitrogens is 2. The molecule has 0 amide bonds. The second kappa shape index (κ2) is 8.70. The number of amidine groups is 1. The van der Waals surface area contributed by atoms with Crippen LogP contribution in [0.2, 0.25) is 0 Å². The van der Waals surface area contributed by atoms with E-state index in [2.05, 4.69) is 20.4 Å². The van der Waals surface area contributed by atoms with Gasteiger partial charge in [0.1, 0.15) is 22.9 Å². The lowest BCUT2D eigenvalue weighted by Gasteiger charge is -2.20. The van der Waals surface area contributed by atoms with Crippen LogP contribution in [0.15, 0.2) is 63.3 Å². The van der Waals surface area contributed by atoms with Crippen molar-refractivity contribution in [2.45, 2.75) is 26.8 Å². The van der Waals surface area contributed by atoms with Gasteiger partial charge in [0.05, 0.1) is 23.3 Å². The molecule has 0 fully saturated rings. The quantitative estimate of drug-likeness (QED) is 0.180. The molecule has 4 N–H and O–H groups in total. The first-order valence-corrected chi connectivity index (χ1v) is 10.2. The van der Waals surface area contributed by atoms with Crippen molar-refractivity contribution in [2.24, 2.45) is 10.9 Å². The summed E-state index contributed by atoms with van der Waals surface area (Å²) in [6.45, 7) is 5.43. The number of hydrogen-bond donors (Lipinski definition) is 3. The lowest BCUT2D eigenvalue weighted by Crippen LogP contribution is -2.19. The molecule has 8 nitrogen and oxygen atoms in total. The summed E-state index contributed by atoms with van der Waals surface area (Å²) < 4.78 is 20.0. The number of fused-ring (bicyclic) bond motifs is 1. The maximum atomic E-state index is 13.8. The summed E-state index contributed by atoms with van der Waals surface area (Å²) in [5.41, 5.74) is 9.09. The van der Waals surface area contributed by atoms with Gasteiger partial charge in [0.25, 0.3) is 0 Å². The second-order valence-electron chi connectivity index (χ2n) is 7.76. The van der Waals surface area contributed by atoms with Crippen LogP contribution in [0.25, 0.3) is 22.3 Å². The zero-order chi connectivity index (χ0) is 23.7. The number of anilines is 1. The molecule has 3 heterocycles. The predicted molar refractivity (Wildman–Crippen MR) is 124 cm³/mol. The summed E-state index contributed by atoms with van der Waals surface area (Å²) in [4.78, 5) is 21.3. The number of aryl methyl sites for hydroxylation is 1. The van der Waals surface area contributed by atoms with Gasteiger partial charge < -0.3 is 20.7 Å². The van der Waals surface area contributed by atoms with Gasteiger partial charge in [0.2, 0.25) is 0 Å². The van der Waals surface area contributed by atoms with E-state index in [1.165, 1.54) is 18.5 Å². The fourth-order valence-corrected chi connectivity index (χ4v) is 3.78. The van der Waals surface area contributed by atoms with E-state index in [1.54, 1.807) is 25.1 Å². The van der Waals surface area contributed by atoms with Crippen molar-refractivity contribution in [3.05, 3.63) is 87.3 Å². The molecule has 168 valence electrons. The van der Waals surface area contributed by atoms with Gasteiger partial charge in [-0.1, -0.05) is 11.2 Å². The molecule has 0 bridgehead atoms. The number of nitrogens with one attached hydrogen (secondary N) is 1. The van der Waals surface area contributed by atoms with Crippen LogP contribution in [-0.2, 0) is 0 Å². The van der Waals surface area contributed by atoms with Gasteiger partial charge in [-0.05, 0) is 50.6 Å². The van der Waals surface area contributed by atoms with E-state index >= 15 is 0 Å². The Morgan fingerprint density at radius 2 is 2.06 bits per heavy atom. The van der Waals surface area contributed by atoms with Crippen molar-refractivity contribution in [1.29, 1.82) is 0 Å². The molecule has 0 radical (unpaired) electrons. The molecule has 9 heteroatoms. The van der Waals surface area contributed by atoms with Crippen LogP contribution in [0.4, 0.5) is 10.1 Å². The van der Waals surface area contributed by atoms with Gasteiger partial charge in [-0.3, -0.25) is 14.8 Å². The molecule has 3 aromatic heterocycles. The third-order valence-electron chi connectivity index (χ3n) is 5.36. The van der Waals surface area contributed by atoms with Crippen LogP contribution in [0.5, 0.6) is 0 Å². The zero-order valence-electron chi connectivity index (χ0n) is 18.3. The van der Waals surface area contributed by atoms with E-state index in [4.69, 9.17) is 15.4 Å². The highest BCUT2D eigenvalue weighted by molar-refractivity contribution is 6.00. The molecule has 1 aromatic carbocycles. The Labute approximate surface area is 188 Å². The number of benzene rings is 1. The number of nitrogens with zero attached hydrogens (tertiary/aromatic N) is 3. The first kappa shape index (κ1) is 21.9. The lowest BCUT2D eigenvalue weighted by molar-refractivity contribution is 0.318. The summed E-state index contributed by atoms with van der Waals surface area (Å²) in [7, 11) is 0. The molecule has 0 unspecified atom stereocenters. The molecule has 0 saturated heterocycles.